The van der Waals surface area contributed by atoms with Gasteiger partial charge in [-0.05, 0) is 25.2 Å². The summed E-state index contributed by atoms with van der Waals surface area (Å²) in [6.07, 6.45) is 1.83. The zero-order chi connectivity index (χ0) is 12.8. The molecule has 1 aliphatic carbocycles. The fraction of sp³-hybridized carbons (Fsp3) is 0.364. The van der Waals surface area contributed by atoms with Crippen LogP contribution < -0.4 is 0 Å². The van der Waals surface area contributed by atoms with E-state index in [2.05, 4.69) is 0 Å². The number of carboxylic acids is 1. The first-order valence-electron chi connectivity index (χ1n) is 4.89. The molecule has 1 saturated carbocycles. The number of rotatable bonds is 3. The maximum Gasteiger partial charge on any atom is 0.314 e. The molecular formula is C11H9F3O2S. The van der Waals surface area contributed by atoms with Gasteiger partial charge in [0.25, 0.3) is 0 Å². The molecule has 0 bridgehead atoms. The quantitative estimate of drug-likeness (QED) is 0.672. The van der Waals surface area contributed by atoms with Gasteiger partial charge in [0.1, 0.15) is 5.82 Å². The fourth-order valence-electron chi connectivity index (χ4n) is 1.84. The summed E-state index contributed by atoms with van der Waals surface area (Å²) < 4.78 is 40.7. The smallest absolute Gasteiger partial charge is 0.314 e. The molecule has 0 aromatic heterocycles. The van der Waals surface area contributed by atoms with Gasteiger partial charge in [0, 0.05) is 5.56 Å². The first kappa shape index (κ1) is 12.3. The number of hydrogen-bond acceptors (Lipinski definition) is 2. The van der Waals surface area contributed by atoms with Gasteiger partial charge < -0.3 is 5.11 Å². The van der Waals surface area contributed by atoms with Crippen LogP contribution in [0.5, 0.6) is 0 Å². The summed E-state index contributed by atoms with van der Waals surface area (Å²) in [5, 5.41) is 8.97. The molecule has 0 amide bonds. The molecule has 0 aliphatic heterocycles. The van der Waals surface area contributed by atoms with E-state index in [1.54, 1.807) is 0 Å². The SMILES string of the molecule is CSc1c(F)cc(C2(C(=O)O)CC2)c(F)c1F. The van der Waals surface area contributed by atoms with E-state index in [0.29, 0.717) is 0 Å². The summed E-state index contributed by atoms with van der Waals surface area (Å²) in [5.74, 6) is -4.72. The second-order valence-corrected chi connectivity index (χ2v) is 4.77. The van der Waals surface area contributed by atoms with Crippen LogP contribution in [0.2, 0.25) is 0 Å². The molecule has 0 unspecified atom stereocenters. The lowest BCUT2D eigenvalue weighted by atomic mass is 9.95. The van der Waals surface area contributed by atoms with Crippen LogP contribution in [0.3, 0.4) is 0 Å². The van der Waals surface area contributed by atoms with Crippen LogP contribution in [-0.4, -0.2) is 17.3 Å². The third-order valence-electron chi connectivity index (χ3n) is 3.00. The standard InChI is InChI=1S/C11H9F3O2S/c1-17-9-6(12)4-5(7(13)8(9)14)11(2-3-11)10(15)16/h4H,2-3H2,1H3,(H,15,16). The Morgan fingerprint density at radius 2 is 1.94 bits per heavy atom. The number of halogens is 3. The third-order valence-corrected chi connectivity index (χ3v) is 3.78. The van der Waals surface area contributed by atoms with Crippen LogP contribution in [-0.2, 0) is 10.2 Å². The molecule has 0 atom stereocenters. The Kier molecular flexibility index (Phi) is 2.85. The topological polar surface area (TPSA) is 37.3 Å². The number of thioether (sulfide) groups is 1. The summed E-state index contributed by atoms with van der Waals surface area (Å²) in [6, 6.07) is 0.797. The molecule has 17 heavy (non-hydrogen) atoms. The van der Waals surface area contributed by atoms with E-state index in [9.17, 15) is 18.0 Å². The van der Waals surface area contributed by atoms with Crippen LogP contribution in [0.25, 0.3) is 0 Å². The summed E-state index contributed by atoms with van der Waals surface area (Å²) >= 11 is 0.747. The van der Waals surface area contributed by atoms with E-state index in [1.807, 2.05) is 0 Å². The third kappa shape index (κ3) is 1.71. The van der Waals surface area contributed by atoms with E-state index < -0.39 is 39.3 Å². The van der Waals surface area contributed by atoms with Crippen molar-refractivity contribution in [2.24, 2.45) is 0 Å². The van der Waals surface area contributed by atoms with Crippen molar-refractivity contribution in [3.8, 4) is 0 Å². The Morgan fingerprint density at radius 3 is 2.35 bits per heavy atom. The minimum Gasteiger partial charge on any atom is -0.481 e. The van der Waals surface area contributed by atoms with Gasteiger partial charge in [-0.1, -0.05) is 0 Å². The first-order chi connectivity index (χ1) is 7.94. The molecule has 2 rings (SSSR count). The first-order valence-corrected chi connectivity index (χ1v) is 6.12. The second-order valence-electron chi connectivity index (χ2n) is 3.95. The summed E-state index contributed by atoms with van der Waals surface area (Å²) in [6.45, 7) is 0. The molecule has 0 spiro atoms. The Bertz CT molecular complexity index is 498. The maximum absolute atomic E-state index is 13.7. The monoisotopic (exact) mass is 262 g/mol. The highest BCUT2D eigenvalue weighted by Gasteiger charge is 2.54. The van der Waals surface area contributed by atoms with Crippen LogP contribution in [0.1, 0.15) is 18.4 Å². The average Bonchev–Trinajstić information content (AvgIpc) is 3.05. The summed E-state index contributed by atoms with van der Waals surface area (Å²) in [5.41, 5.74) is -1.83. The van der Waals surface area contributed by atoms with Gasteiger partial charge in [0.15, 0.2) is 11.6 Å². The maximum atomic E-state index is 13.7. The summed E-state index contributed by atoms with van der Waals surface area (Å²) in [7, 11) is 0. The van der Waals surface area contributed by atoms with Crippen molar-refractivity contribution < 1.29 is 23.1 Å². The van der Waals surface area contributed by atoms with Gasteiger partial charge >= 0.3 is 5.97 Å². The molecule has 92 valence electrons. The van der Waals surface area contributed by atoms with Crippen LogP contribution in [0.15, 0.2) is 11.0 Å². The average molecular weight is 262 g/mol. The lowest BCUT2D eigenvalue weighted by Gasteiger charge is -2.13. The van der Waals surface area contributed by atoms with Crippen molar-refractivity contribution in [1.29, 1.82) is 0 Å². The van der Waals surface area contributed by atoms with Gasteiger partial charge in [0.2, 0.25) is 0 Å². The highest BCUT2D eigenvalue weighted by atomic mass is 32.2. The van der Waals surface area contributed by atoms with Crippen molar-refractivity contribution in [2.45, 2.75) is 23.2 Å². The van der Waals surface area contributed by atoms with Crippen LogP contribution in [0, 0.1) is 17.5 Å². The molecule has 0 heterocycles. The molecule has 2 nitrogen and oxygen atoms in total. The molecule has 1 aliphatic rings. The van der Waals surface area contributed by atoms with Crippen molar-refractivity contribution in [3.63, 3.8) is 0 Å². The lowest BCUT2D eigenvalue weighted by Crippen LogP contribution is -2.22. The number of carbonyl (C=O) groups is 1. The van der Waals surface area contributed by atoms with Gasteiger partial charge in [-0.2, -0.15) is 0 Å². The van der Waals surface area contributed by atoms with Gasteiger partial charge in [-0.25, -0.2) is 13.2 Å². The van der Waals surface area contributed by atoms with Crippen molar-refractivity contribution in [3.05, 3.63) is 29.1 Å². The molecule has 1 aromatic carbocycles. The molecule has 6 heteroatoms. The van der Waals surface area contributed by atoms with Crippen molar-refractivity contribution in [2.75, 3.05) is 6.26 Å². The van der Waals surface area contributed by atoms with E-state index in [0.717, 1.165) is 17.8 Å². The van der Waals surface area contributed by atoms with E-state index >= 15 is 0 Å². The zero-order valence-corrected chi connectivity index (χ0v) is 9.71. The van der Waals surface area contributed by atoms with Gasteiger partial charge in [-0.3, -0.25) is 4.79 Å². The Balaban J connectivity index is 2.62. The van der Waals surface area contributed by atoms with Crippen LogP contribution >= 0.6 is 11.8 Å². The largest absolute Gasteiger partial charge is 0.481 e. The molecular weight excluding hydrogens is 253 g/mol. The van der Waals surface area contributed by atoms with E-state index in [-0.39, 0.29) is 12.8 Å². The highest BCUT2D eigenvalue weighted by molar-refractivity contribution is 7.98. The second kappa shape index (κ2) is 3.94. The number of carboxylic acid groups (broad SMARTS) is 1. The summed E-state index contributed by atoms with van der Waals surface area (Å²) in [4.78, 5) is 10.6. The predicted molar refractivity (Wildman–Crippen MR) is 56.6 cm³/mol. The zero-order valence-electron chi connectivity index (χ0n) is 8.89. The van der Waals surface area contributed by atoms with E-state index in [1.165, 1.54) is 6.26 Å². The molecule has 1 aromatic rings. The Labute approximate surface area is 99.8 Å². The highest BCUT2D eigenvalue weighted by Crippen LogP contribution is 2.50. The molecule has 0 radical (unpaired) electrons. The predicted octanol–water partition coefficient (Wildman–Crippen LogP) is 2.94. The van der Waals surface area contributed by atoms with E-state index in [4.69, 9.17) is 5.11 Å². The van der Waals surface area contributed by atoms with Crippen LogP contribution in [0.4, 0.5) is 13.2 Å². The van der Waals surface area contributed by atoms with Gasteiger partial charge in [0.05, 0.1) is 10.3 Å². The normalized spacial score (nSPS) is 16.9. The molecule has 1 fully saturated rings. The number of hydrogen-bond donors (Lipinski definition) is 1. The minimum atomic E-state index is -1.44. The number of aliphatic carboxylic acids is 1. The lowest BCUT2D eigenvalue weighted by molar-refractivity contribution is -0.140. The van der Waals surface area contributed by atoms with Crippen molar-refractivity contribution in [1.82, 2.24) is 0 Å². The number of benzene rings is 1. The molecule has 1 N–H and O–H groups in total. The Hall–Kier alpha value is -1.17. The van der Waals surface area contributed by atoms with Gasteiger partial charge in [-0.15, -0.1) is 11.8 Å². The minimum absolute atomic E-state index is 0.205. The molecule has 0 saturated heterocycles. The van der Waals surface area contributed by atoms with Crippen molar-refractivity contribution >= 4 is 17.7 Å². The Morgan fingerprint density at radius 1 is 1.35 bits per heavy atom. The fourth-order valence-corrected chi connectivity index (χ4v) is 2.36.